The fourth-order valence-electron chi connectivity index (χ4n) is 4.87. The molecule has 0 amide bonds. The predicted octanol–water partition coefficient (Wildman–Crippen LogP) is 4.45. The summed E-state index contributed by atoms with van der Waals surface area (Å²) in [5.41, 5.74) is 4.78. The smallest absolute Gasteiger partial charge is 0.201 e. The molecule has 1 atom stereocenters. The summed E-state index contributed by atoms with van der Waals surface area (Å²) in [6.07, 6.45) is 5.23. The van der Waals surface area contributed by atoms with Crippen molar-refractivity contribution in [3.05, 3.63) is 59.7 Å². The number of fused-ring (bicyclic) bond motifs is 2. The van der Waals surface area contributed by atoms with Gasteiger partial charge in [0, 0.05) is 28.8 Å². The van der Waals surface area contributed by atoms with Crippen LogP contribution in [0.2, 0.25) is 0 Å². The van der Waals surface area contributed by atoms with Crippen LogP contribution in [0.3, 0.4) is 0 Å². The first kappa shape index (κ1) is 21.7. The number of nitrogens with one attached hydrogen (secondary N) is 1. The van der Waals surface area contributed by atoms with Crippen LogP contribution in [0.5, 0.6) is 5.88 Å². The van der Waals surface area contributed by atoms with Crippen molar-refractivity contribution < 1.29 is 4.74 Å². The molecule has 0 radical (unpaired) electrons. The molecule has 0 saturated carbocycles. The molecule has 0 aliphatic carbocycles. The van der Waals surface area contributed by atoms with E-state index in [2.05, 4.69) is 44.0 Å². The van der Waals surface area contributed by atoms with Crippen LogP contribution in [0, 0.1) is 18.3 Å². The topological polar surface area (TPSA) is 106 Å². The van der Waals surface area contributed by atoms with Gasteiger partial charge in [0.1, 0.15) is 29.2 Å². The van der Waals surface area contributed by atoms with Gasteiger partial charge < -0.3 is 10.1 Å². The Morgan fingerprint density at radius 2 is 2.09 bits per heavy atom. The maximum atomic E-state index is 9.69. The highest BCUT2D eigenvalue weighted by molar-refractivity contribution is 7.13. The summed E-state index contributed by atoms with van der Waals surface area (Å²) >= 11 is 1.46. The number of nitrogens with zero attached hydrogens (tertiary/aromatic N) is 7. The van der Waals surface area contributed by atoms with Crippen molar-refractivity contribution >= 4 is 27.3 Å². The molecule has 35 heavy (non-hydrogen) atoms. The van der Waals surface area contributed by atoms with Crippen LogP contribution < -0.4 is 10.1 Å². The predicted molar refractivity (Wildman–Crippen MR) is 133 cm³/mol. The van der Waals surface area contributed by atoms with Gasteiger partial charge in [-0.05, 0) is 57.4 Å². The largest absolute Gasteiger partial charge is 0.471 e. The molecular formula is C25H24N8OS. The van der Waals surface area contributed by atoms with Gasteiger partial charge in [-0.25, -0.2) is 9.67 Å². The number of piperidine rings is 1. The Morgan fingerprint density at radius 1 is 1.23 bits per heavy atom. The number of hydrogen-bond acceptors (Lipinski definition) is 8. The van der Waals surface area contributed by atoms with Crippen molar-refractivity contribution in [3.8, 4) is 23.2 Å². The maximum absolute atomic E-state index is 9.69. The second kappa shape index (κ2) is 8.76. The van der Waals surface area contributed by atoms with Crippen LogP contribution in [-0.2, 0) is 0 Å². The molecule has 5 aromatic rings. The van der Waals surface area contributed by atoms with Crippen LogP contribution >= 0.6 is 11.5 Å². The van der Waals surface area contributed by atoms with Crippen LogP contribution in [-0.4, -0.2) is 41.8 Å². The lowest BCUT2D eigenvalue weighted by Crippen LogP contribution is -2.30. The lowest BCUT2D eigenvalue weighted by Gasteiger charge is -2.23. The zero-order valence-corrected chi connectivity index (χ0v) is 20.3. The van der Waals surface area contributed by atoms with Gasteiger partial charge in [0.2, 0.25) is 5.88 Å². The molecule has 0 bridgehead atoms. The normalized spacial score (nSPS) is 15.5. The quantitative estimate of drug-likeness (QED) is 0.393. The Bertz CT molecular complexity index is 1570. The van der Waals surface area contributed by atoms with E-state index in [1.807, 2.05) is 42.1 Å². The summed E-state index contributed by atoms with van der Waals surface area (Å²) in [6.45, 7) is 6.04. The molecule has 176 valence electrons. The third kappa shape index (κ3) is 3.73. The highest BCUT2D eigenvalue weighted by atomic mass is 32.1. The van der Waals surface area contributed by atoms with Gasteiger partial charge in [-0.15, -0.1) is 5.10 Å². The number of imidazole rings is 1. The summed E-state index contributed by atoms with van der Waals surface area (Å²) in [5, 5.41) is 23.2. The number of rotatable bonds is 5. The van der Waals surface area contributed by atoms with Gasteiger partial charge in [0.05, 0.1) is 22.6 Å². The fraction of sp³-hybridized carbons (Fsp3) is 0.320. The van der Waals surface area contributed by atoms with Crippen LogP contribution in [0.4, 0.5) is 0 Å². The summed E-state index contributed by atoms with van der Waals surface area (Å²) in [4.78, 5) is 4.47. The van der Waals surface area contributed by atoms with E-state index in [1.54, 1.807) is 10.6 Å². The third-order valence-electron chi connectivity index (χ3n) is 6.69. The van der Waals surface area contributed by atoms with Crippen molar-refractivity contribution in [1.82, 2.24) is 34.1 Å². The van der Waals surface area contributed by atoms with Crippen LogP contribution in [0.1, 0.15) is 48.9 Å². The van der Waals surface area contributed by atoms with E-state index in [1.165, 1.54) is 11.5 Å². The average molecular weight is 485 g/mol. The van der Waals surface area contributed by atoms with E-state index in [9.17, 15) is 5.26 Å². The van der Waals surface area contributed by atoms with E-state index < -0.39 is 0 Å². The number of aromatic nitrogens is 6. The molecule has 1 aliphatic rings. The highest BCUT2D eigenvalue weighted by Crippen LogP contribution is 2.34. The Labute approximate surface area is 206 Å². The van der Waals surface area contributed by atoms with E-state index in [0.717, 1.165) is 58.5 Å². The summed E-state index contributed by atoms with van der Waals surface area (Å²) < 4.78 is 15.7. The van der Waals surface area contributed by atoms with E-state index in [4.69, 9.17) is 4.74 Å². The standard InChI is InChI=1S/C25H24N8OS/c1-15-24(30-31-33(15)19-6-8-27-9-7-19)18-10-22-28-14-20(12-26)32(22)23(11-18)34-16(2)21-5-3-4-17-13-29-35-25(17)21/h3-5,10-11,13-14,16,19,27H,6-9H2,1-2H3. The molecule has 6 rings (SSSR count). The number of pyridine rings is 1. The average Bonchev–Trinajstić information content (AvgIpc) is 3.62. The zero-order valence-electron chi connectivity index (χ0n) is 19.5. The molecule has 1 aromatic carbocycles. The van der Waals surface area contributed by atoms with Gasteiger partial charge in [-0.3, -0.25) is 4.40 Å². The van der Waals surface area contributed by atoms with Gasteiger partial charge in [0.15, 0.2) is 0 Å². The molecule has 1 unspecified atom stereocenters. The molecule has 1 aliphatic heterocycles. The van der Waals surface area contributed by atoms with E-state index in [-0.39, 0.29) is 6.10 Å². The molecule has 9 nitrogen and oxygen atoms in total. The van der Waals surface area contributed by atoms with Crippen LogP contribution in [0.15, 0.2) is 42.7 Å². The summed E-state index contributed by atoms with van der Waals surface area (Å²) in [6, 6.07) is 12.5. The molecule has 1 fully saturated rings. The van der Waals surface area contributed by atoms with Gasteiger partial charge in [-0.1, -0.05) is 23.4 Å². The first-order chi connectivity index (χ1) is 17.1. The molecule has 1 N–H and O–H groups in total. The zero-order chi connectivity index (χ0) is 23.9. The Kier molecular flexibility index (Phi) is 5.43. The van der Waals surface area contributed by atoms with Crippen LogP contribution in [0.25, 0.3) is 27.0 Å². The van der Waals surface area contributed by atoms with Gasteiger partial charge in [0.25, 0.3) is 0 Å². The Morgan fingerprint density at radius 3 is 2.91 bits per heavy atom. The fourth-order valence-corrected chi connectivity index (χ4v) is 5.70. The number of nitriles is 1. The second-order valence-electron chi connectivity index (χ2n) is 8.83. The van der Waals surface area contributed by atoms with Crippen molar-refractivity contribution in [2.75, 3.05) is 13.1 Å². The van der Waals surface area contributed by atoms with Crippen molar-refractivity contribution in [3.63, 3.8) is 0 Å². The molecular weight excluding hydrogens is 460 g/mol. The second-order valence-corrected chi connectivity index (χ2v) is 9.63. The minimum atomic E-state index is -0.266. The first-order valence-corrected chi connectivity index (χ1v) is 12.5. The van der Waals surface area contributed by atoms with Gasteiger partial charge in [-0.2, -0.15) is 9.64 Å². The first-order valence-electron chi connectivity index (χ1n) is 11.7. The van der Waals surface area contributed by atoms with Crippen molar-refractivity contribution in [2.45, 2.75) is 38.8 Å². The Hall–Kier alpha value is -3.81. The minimum absolute atomic E-state index is 0.266. The lowest BCUT2D eigenvalue weighted by atomic mass is 10.1. The molecule has 10 heteroatoms. The third-order valence-corrected chi connectivity index (χ3v) is 7.56. The number of benzene rings is 1. The molecule has 1 saturated heterocycles. The Balaban J connectivity index is 1.43. The van der Waals surface area contributed by atoms with E-state index in [0.29, 0.717) is 23.3 Å². The summed E-state index contributed by atoms with van der Waals surface area (Å²) in [5.74, 6) is 0.538. The van der Waals surface area contributed by atoms with E-state index >= 15 is 0 Å². The maximum Gasteiger partial charge on any atom is 0.201 e. The molecule has 0 spiro atoms. The number of hydrogen-bond donors (Lipinski definition) is 1. The highest BCUT2D eigenvalue weighted by Gasteiger charge is 2.23. The minimum Gasteiger partial charge on any atom is -0.471 e. The molecule has 4 aromatic heterocycles. The van der Waals surface area contributed by atoms with Gasteiger partial charge >= 0.3 is 0 Å². The molecule has 5 heterocycles. The summed E-state index contributed by atoms with van der Waals surface area (Å²) in [7, 11) is 0. The monoisotopic (exact) mass is 484 g/mol. The lowest BCUT2D eigenvalue weighted by molar-refractivity contribution is 0.216. The van der Waals surface area contributed by atoms with Crippen molar-refractivity contribution in [1.29, 1.82) is 5.26 Å². The van der Waals surface area contributed by atoms with Crippen molar-refractivity contribution in [2.24, 2.45) is 0 Å². The number of ether oxygens (including phenoxy) is 1. The SMILES string of the molecule is Cc1c(-c2cc(OC(C)c3cccc4cnsc34)n3c(C#N)cnc3c2)nnn1C1CCNCC1.